The summed E-state index contributed by atoms with van der Waals surface area (Å²) in [5.41, 5.74) is 4.96. The van der Waals surface area contributed by atoms with Gasteiger partial charge in [-0.2, -0.15) is 0 Å². The van der Waals surface area contributed by atoms with Crippen LogP contribution in [0.3, 0.4) is 0 Å². The summed E-state index contributed by atoms with van der Waals surface area (Å²) in [5, 5.41) is 6.97. The predicted octanol–water partition coefficient (Wildman–Crippen LogP) is 6.59. The topological polar surface area (TPSA) is 59.6 Å². The molecule has 0 spiro atoms. The Kier molecular flexibility index (Phi) is 8.64. The Morgan fingerprint density at radius 3 is 2.62 bits per heavy atom. The van der Waals surface area contributed by atoms with Crippen LogP contribution in [0.2, 0.25) is 5.02 Å². The van der Waals surface area contributed by atoms with Crippen molar-refractivity contribution < 1.29 is 14.3 Å². The predicted molar refractivity (Wildman–Crippen MR) is 139 cm³/mol. The maximum Gasteiger partial charge on any atom is 0.262 e. The first-order chi connectivity index (χ1) is 15.4. The van der Waals surface area contributed by atoms with E-state index < -0.39 is 0 Å². The summed E-state index contributed by atoms with van der Waals surface area (Å²) in [6.07, 6.45) is 0. The van der Waals surface area contributed by atoms with Crippen molar-refractivity contribution in [3.05, 3.63) is 79.9 Å². The Morgan fingerprint density at radius 2 is 1.88 bits per heavy atom. The molecule has 0 fully saturated rings. The van der Waals surface area contributed by atoms with Crippen LogP contribution in [-0.2, 0) is 11.3 Å². The highest BCUT2D eigenvalue weighted by molar-refractivity contribution is 14.1. The molecule has 0 heterocycles. The van der Waals surface area contributed by atoms with Gasteiger partial charge in [0.2, 0.25) is 0 Å². The lowest BCUT2D eigenvalue weighted by molar-refractivity contribution is -0.118. The third kappa shape index (κ3) is 6.77. The minimum absolute atomic E-state index is 0.108. The van der Waals surface area contributed by atoms with E-state index in [0.29, 0.717) is 29.7 Å². The van der Waals surface area contributed by atoms with Gasteiger partial charge in [0.05, 0.1) is 10.2 Å². The monoisotopic (exact) mass is 564 g/mol. The molecule has 0 aliphatic rings. The second-order valence-electron chi connectivity index (χ2n) is 7.36. The summed E-state index contributed by atoms with van der Waals surface area (Å²) in [5.74, 6) is 0.952. The van der Waals surface area contributed by atoms with E-state index in [0.717, 1.165) is 31.6 Å². The van der Waals surface area contributed by atoms with Crippen LogP contribution in [0.4, 0.5) is 11.4 Å². The fourth-order valence-corrected chi connectivity index (χ4v) is 4.16. The molecule has 3 aromatic rings. The number of hydrogen-bond acceptors (Lipinski definition) is 4. The Morgan fingerprint density at radius 1 is 1.06 bits per heavy atom. The van der Waals surface area contributed by atoms with Crippen molar-refractivity contribution in [1.29, 1.82) is 0 Å². The van der Waals surface area contributed by atoms with Crippen molar-refractivity contribution in [3.8, 4) is 11.5 Å². The largest absolute Gasteiger partial charge is 0.490 e. The van der Waals surface area contributed by atoms with Gasteiger partial charge in [-0.1, -0.05) is 29.8 Å². The summed E-state index contributed by atoms with van der Waals surface area (Å²) < 4.78 is 12.5. The van der Waals surface area contributed by atoms with Gasteiger partial charge in [0.15, 0.2) is 18.1 Å². The lowest BCUT2D eigenvalue weighted by Crippen LogP contribution is -2.20. The third-order valence-electron chi connectivity index (χ3n) is 4.70. The summed E-state index contributed by atoms with van der Waals surface area (Å²) in [6, 6.07) is 17.4. The second-order valence-corrected chi connectivity index (χ2v) is 8.96. The Bertz CT molecular complexity index is 1100. The Balaban J connectivity index is 1.69. The number of rotatable bonds is 9. The lowest BCUT2D eigenvalue weighted by atomic mass is 10.1. The quantitative estimate of drug-likeness (QED) is 0.288. The number of amides is 1. The molecule has 0 atom stereocenters. The minimum atomic E-state index is -0.226. The van der Waals surface area contributed by atoms with Gasteiger partial charge in [-0.15, -0.1) is 0 Å². The number of ether oxygens (including phenoxy) is 2. The molecule has 0 saturated carbocycles. The molecule has 0 radical (unpaired) electrons. The Hall–Kier alpha value is -2.45. The molecule has 32 heavy (non-hydrogen) atoms. The first kappa shape index (κ1) is 24.2. The van der Waals surface area contributed by atoms with Gasteiger partial charge in [0.1, 0.15) is 0 Å². The summed E-state index contributed by atoms with van der Waals surface area (Å²) in [6.45, 7) is 6.92. The molecule has 0 saturated heterocycles. The number of carbonyl (C=O) groups is 1. The van der Waals surface area contributed by atoms with Gasteiger partial charge in [0.25, 0.3) is 5.91 Å². The molecule has 0 unspecified atom stereocenters. The van der Waals surface area contributed by atoms with E-state index in [1.165, 1.54) is 0 Å². The molecular weight excluding hydrogens is 539 g/mol. The first-order valence-electron chi connectivity index (χ1n) is 10.3. The normalized spacial score (nSPS) is 10.5. The van der Waals surface area contributed by atoms with Crippen LogP contribution in [0, 0.1) is 17.4 Å². The number of carbonyl (C=O) groups excluding carboxylic acids is 1. The standard InChI is InChI=1S/C25H26ClIN2O3/c1-4-31-23-12-18(14-28-22-13-19(26)9-8-17(22)3)11-21(27)25(23)32-15-24(30)29-20-7-5-6-16(2)10-20/h5-13,28H,4,14-15H2,1-3H3,(H,29,30). The third-order valence-corrected chi connectivity index (χ3v) is 5.74. The molecular formula is C25H26ClIN2O3. The number of anilines is 2. The highest BCUT2D eigenvalue weighted by atomic mass is 127. The molecule has 2 N–H and O–H groups in total. The van der Waals surface area contributed by atoms with E-state index in [-0.39, 0.29) is 12.5 Å². The minimum Gasteiger partial charge on any atom is -0.490 e. The van der Waals surface area contributed by atoms with Crippen molar-refractivity contribution in [1.82, 2.24) is 0 Å². The van der Waals surface area contributed by atoms with Gasteiger partial charge in [-0.05, 0) is 96.5 Å². The van der Waals surface area contributed by atoms with Gasteiger partial charge in [-0.3, -0.25) is 4.79 Å². The van der Waals surface area contributed by atoms with Crippen LogP contribution >= 0.6 is 34.2 Å². The molecule has 7 heteroatoms. The van der Waals surface area contributed by atoms with Crippen LogP contribution in [0.5, 0.6) is 11.5 Å². The van der Waals surface area contributed by atoms with Crippen molar-refractivity contribution >= 4 is 51.5 Å². The van der Waals surface area contributed by atoms with E-state index in [4.69, 9.17) is 21.1 Å². The van der Waals surface area contributed by atoms with Crippen molar-refractivity contribution in [2.24, 2.45) is 0 Å². The second kappa shape index (κ2) is 11.4. The molecule has 0 bridgehead atoms. The van der Waals surface area contributed by atoms with Crippen LogP contribution in [-0.4, -0.2) is 19.1 Å². The van der Waals surface area contributed by atoms with Crippen molar-refractivity contribution in [3.63, 3.8) is 0 Å². The number of aryl methyl sites for hydroxylation is 2. The zero-order valence-corrected chi connectivity index (χ0v) is 21.2. The summed E-state index contributed by atoms with van der Waals surface area (Å²) >= 11 is 8.33. The van der Waals surface area contributed by atoms with Crippen molar-refractivity contribution in [2.75, 3.05) is 23.8 Å². The highest BCUT2D eigenvalue weighted by Gasteiger charge is 2.14. The summed E-state index contributed by atoms with van der Waals surface area (Å²) in [4.78, 5) is 12.4. The smallest absolute Gasteiger partial charge is 0.262 e. The molecule has 3 rings (SSSR count). The molecule has 5 nitrogen and oxygen atoms in total. The lowest BCUT2D eigenvalue weighted by Gasteiger charge is -2.16. The fraction of sp³-hybridized carbons (Fsp3) is 0.240. The van der Waals surface area contributed by atoms with E-state index in [1.54, 1.807) is 0 Å². The van der Waals surface area contributed by atoms with Crippen LogP contribution in [0.25, 0.3) is 0 Å². The van der Waals surface area contributed by atoms with E-state index in [1.807, 2.05) is 75.4 Å². The van der Waals surface area contributed by atoms with Gasteiger partial charge in [-0.25, -0.2) is 0 Å². The van der Waals surface area contributed by atoms with Gasteiger partial charge >= 0.3 is 0 Å². The first-order valence-corrected chi connectivity index (χ1v) is 11.8. The molecule has 1 amide bonds. The van der Waals surface area contributed by atoms with Crippen molar-refractivity contribution in [2.45, 2.75) is 27.3 Å². The fourth-order valence-electron chi connectivity index (χ4n) is 3.17. The van der Waals surface area contributed by atoms with Gasteiger partial charge in [0, 0.05) is 22.9 Å². The molecule has 3 aromatic carbocycles. The average Bonchev–Trinajstić information content (AvgIpc) is 2.74. The molecule has 0 aliphatic heterocycles. The van der Waals surface area contributed by atoms with Gasteiger partial charge < -0.3 is 20.1 Å². The maximum absolute atomic E-state index is 12.4. The van der Waals surface area contributed by atoms with E-state index in [9.17, 15) is 4.79 Å². The van der Waals surface area contributed by atoms with E-state index >= 15 is 0 Å². The molecule has 0 aliphatic carbocycles. The SMILES string of the molecule is CCOc1cc(CNc2cc(Cl)ccc2C)cc(I)c1OCC(=O)Nc1cccc(C)c1. The molecule has 168 valence electrons. The number of nitrogens with one attached hydrogen (secondary N) is 2. The van der Waals surface area contributed by atoms with Crippen LogP contribution < -0.4 is 20.1 Å². The Labute approximate surface area is 207 Å². The maximum atomic E-state index is 12.4. The number of hydrogen-bond donors (Lipinski definition) is 2. The van der Waals surface area contributed by atoms with Crippen LogP contribution in [0.1, 0.15) is 23.6 Å². The summed E-state index contributed by atoms with van der Waals surface area (Å²) in [7, 11) is 0. The zero-order chi connectivity index (χ0) is 23.1. The zero-order valence-electron chi connectivity index (χ0n) is 18.3. The number of benzene rings is 3. The number of halogens is 2. The highest BCUT2D eigenvalue weighted by Crippen LogP contribution is 2.35. The van der Waals surface area contributed by atoms with E-state index in [2.05, 4.69) is 33.2 Å². The van der Waals surface area contributed by atoms with Crippen LogP contribution in [0.15, 0.2) is 54.6 Å². The molecule has 0 aromatic heterocycles. The average molecular weight is 565 g/mol.